The molecule has 6 heteroatoms. The summed E-state index contributed by atoms with van der Waals surface area (Å²) in [5.74, 6) is -2.38. The number of methoxy groups -OCH3 is 1. The van der Waals surface area contributed by atoms with Crippen molar-refractivity contribution < 1.29 is 23.8 Å². The van der Waals surface area contributed by atoms with Crippen LogP contribution in [0.1, 0.15) is 20.8 Å². The quantitative estimate of drug-likeness (QED) is 0.870. The molecule has 20 heavy (non-hydrogen) atoms. The van der Waals surface area contributed by atoms with E-state index in [1.54, 1.807) is 0 Å². The number of halogens is 1. The number of carbonyl (C=O) groups is 2. The third-order valence-electron chi connectivity index (χ3n) is 2.68. The standard InChI is InChI=1S/C14H10FNO4/c1-20-14(19)9-2-3-11(15)10(6-9)8-4-5-16-12(7-8)13(17)18/h2-7H,1H3,(H,17,18). The highest BCUT2D eigenvalue weighted by molar-refractivity contribution is 5.91. The van der Waals surface area contributed by atoms with Crippen molar-refractivity contribution in [1.29, 1.82) is 0 Å². The van der Waals surface area contributed by atoms with Gasteiger partial charge in [0.15, 0.2) is 0 Å². The van der Waals surface area contributed by atoms with Crippen molar-refractivity contribution in [3.8, 4) is 11.1 Å². The molecule has 0 bridgehead atoms. The topological polar surface area (TPSA) is 76.5 Å². The SMILES string of the molecule is COC(=O)c1ccc(F)c(-c2ccnc(C(=O)O)c2)c1. The monoisotopic (exact) mass is 275 g/mol. The number of aromatic carboxylic acids is 1. The highest BCUT2D eigenvalue weighted by Crippen LogP contribution is 2.24. The van der Waals surface area contributed by atoms with Crippen LogP contribution >= 0.6 is 0 Å². The Balaban J connectivity index is 2.54. The molecule has 0 aliphatic heterocycles. The predicted molar refractivity (Wildman–Crippen MR) is 67.9 cm³/mol. The van der Waals surface area contributed by atoms with Crippen LogP contribution in [0.2, 0.25) is 0 Å². The smallest absolute Gasteiger partial charge is 0.354 e. The summed E-state index contributed by atoms with van der Waals surface area (Å²) in [4.78, 5) is 25.9. The summed E-state index contributed by atoms with van der Waals surface area (Å²) in [6.07, 6.45) is 1.27. The highest BCUT2D eigenvalue weighted by atomic mass is 19.1. The van der Waals surface area contributed by atoms with E-state index in [2.05, 4.69) is 9.72 Å². The fourth-order valence-corrected chi connectivity index (χ4v) is 1.71. The molecule has 1 N–H and O–H groups in total. The van der Waals surface area contributed by atoms with Crippen molar-refractivity contribution in [3.63, 3.8) is 0 Å². The summed E-state index contributed by atoms with van der Waals surface area (Å²) in [5.41, 5.74) is 0.404. The summed E-state index contributed by atoms with van der Waals surface area (Å²) >= 11 is 0. The number of esters is 1. The van der Waals surface area contributed by atoms with E-state index >= 15 is 0 Å². The molecule has 5 nitrogen and oxygen atoms in total. The first-order valence-electron chi connectivity index (χ1n) is 5.60. The van der Waals surface area contributed by atoms with E-state index in [4.69, 9.17) is 5.11 Å². The van der Waals surface area contributed by atoms with Gasteiger partial charge in [-0.3, -0.25) is 0 Å². The molecule has 0 spiro atoms. The van der Waals surface area contributed by atoms with Crippen LogP contribution in [0.15, 0.2) is 36.5 Å². The van der Waals surface area contributed by atoms with Crippen LogP contribution in [-0.4, -0.2) is 29.1 Å². The maximum Gasteiger partial charge on any atom is 0.354 e. The van der Waals surface area contributed by atoms with E-state index in [0.29, 0.717) is 5.56 Å². The number of benzene rings is 1. The highest BCUT2D eigenvalue weighted by Gasteiger charge is 2.13. The molecule has 0 saturated carbocycles. The van der Waals surface area contributed by atoms with Crippen molar-refractivity contribution in [1.82, 2.24) is 4.98 Å². The number of ether oxygens (including phenoxy) is 1. The number of aromatic nitrogens is 1. The molecule has 1 aromatic carbocycles. The second-order valence-electron chi connectivity index (χ2n) is 3.92. The normalized spacial score (nSPS) is 10.1. The third-order valence-corrected chi connectivity index (χ3v) is 2.68. The van der Waals surface area contributed by atoms with Gasteiger partial charge in [-0.15, -0.1) is 0 Å². The Hall–Kier alpha value is -2.76. The summed E-state index contributed by atoms with van der Waals surface area (Å²) in [5, 5.41) is 8.88. The van der Waals surface area contributed by atoms with Gasteiger partial charge in [0.05, 0.1) is 12.7 Å². The minimum absolute atomic E-state index is 0.109. The van der Waals surface area contributed by atoms with Crippen molar-refractivity contribution in [2.75, 3.05) is 7.11 Å². The van der Waals surface area contributed by atoms with Crippen LogP contribution in [0.3, 0.4) is 0 Å². The van der Waals surface area contributed by atoms with Crippen LogP contribution in [0.4, 0.5) is 4.39 Å². The van der Waals surface area contributed by atoms with Gasteiger partial charge < -0.3 is 9.84 Å². The number of carbonyl (C=O) groups excluding carboxylic acids is 1. The number of rotatable bonds is 3. The maximum absolute atomic E-state index is 13.8. The molecule has 0 aliphatic rings. The first-order valence-corrected chi connectivity index (χ1v) is 5.60. The van der Waals surface area contributed by atoms with Gasteiger partial charge in [0, 0.05) is 11.8 Å². The number of hydrogen-bond donors (Lipinski definition) is 1. The van der Waals surface area contributed by atoms with E-state index in [-0.39, 0.29) is 16.8 Å². The average molecular weight is 275 g/mol. The molecule has 0 radical (unpaired) electrons. The molecular formula is C14H10FNO4. The third kappa shape index (κ3) is 2.64. The lowest BCUT2D eigenvalue weighted by atomic mass is 10.0. The molecule has 2 rings (SSSR count). The summed E-state index contributed by atoms with van der Waals surface area (Å²) in [6, 6.07) is 6.43. The molecule has 0 fully saturated rings. The summed E-state index contributed by atoms with van der Waals surface area (Å²) in [7, 11) is 1.22. The van der Waals surface area contributed by atoms with E-state index in [1.165, 1.54) is 37.6 Å². The van der Waals surface area contributed by atoms with E-state index < -0.39 is 17.8 Å². The van der Waals surface area contributed by atoms with Crippen LogP contribution in [0.25, 0.3) is 11.1 Å². The van der Waals surface area contributed by atoms with Gasteiger partial charge in [0.2, 0.25) is 0 Å². The Morgan fingerprint density at radius 1 is 1.25 bits per heavy atom. The Morgan fingerprint density at radius 2 is 2.00 bits per heavy atom. The number of carboxylic acid groups (broad SMARTS) is 1. The number of nitrogens with zero attached hydrogens (tertiary/aromatic N) is 1. The molecule has 0 saturated heterocycles. The zero-order valence-corrected chi connectivity index (χ0v) is 10.5. The number of pyridine rings is 1. The molecule has 102 valence electrons. The van der Waals surface area contributed by atoms with Gasteiger partial charge in [-0.25, -0.2) is 19.0 Å². The van der Waals surface area contributed by atoms with Crippen LogP contribution in [0, 0.1) is 5.82 Å². The van der Waals surface area contributed by atoms with Crippen LogP contribution in [0.5, 0.6) is 0 Å². The Kier molecular flexibility index (Phi) is 3.74. The zero-order valence-electron chi connectivity index (χ0n) is 10.5. The minimum Gasteiger partial charge on any atom is -0.477 e. The predicted octanol–water partition coefficient (Wildman–Crippen LogP) is 2.37. The fraction of sp³-hybridized carbons (Fsp3) is 0.0714. The second-order valence-corrected chi connectivity index (χ2v) is 3.92. The molecule has 2 aromatic rings. The first kappa shape index (κ1) is 13.7. The van der Waals surface area contributed by atoms with Gasteiger partial charge in [-0.1, -0.05) is 0 Å². The van der Waals surface area contributed by atoms with Crippen molar-refractivity contribution in [2.45, 2.75) is 0 Å². The lowest BCUT2D eigenvalue weighted by molar-refractivity contribution is 0.0599. The zero-order chi connectivity index (χ0) is 14.7. The van der Waals surface area contributed by atoms with Gasteiger partial charge in [-0.2, -0.15) is 0 Å². The molecule has 0 atom stereocenters. The largest absolute Gasteiger partial charge is 0.477 e. The van der Waals surface area contributed by atoms with E-state index in [0.717, 1.165) is 6.07 Å². The Morgan fingerprint density at radius 3 is 2.65 bits per heavy atom. The lowest BCUT2D eigenvalue weighted by Crippen LogP contribution is -2.03. The van der Waals surface area contributed by atoms with Crippen molar-refractivity contribution in [2.24, 2.45) is 0 Å². The van der Waals surface area contributed by atoms with Gasteiger partial charge >= 0.3 is 11.9 Å². The molecule has 0 unspecified atom stereocenters. The minimum atomic E-state index is -1.21. The number of hydrogen-bond acceptors (Lipinski definition) is 4. The van der Waals surface area contributed by atoms with E-state index in [1.807, 2.05) is 0 Å². The van der Waals surface area contributed by atoms with Crippen LogP contribution in [-0.2, 0) is 4.74 Å². The van der Waals surface area contributed by atoms with Gasteiger partial charge in [-0.05, 0) is 35.9 Å². The molecule has 0 amide bonds. The summed E-state index contributed by atoms with van der Waals surface area (Å²) < 4.78 is 18.4. The maximum atomic E-state index is 13.8. The second kappa shape index (κ2) is 5.48. The summed E-state index contributed by atoms with van der Waals surface area (Å²) in [6.45, 7) is 0. The molecule has 0 aliphatic carbocycles. The van der Waals surface area contributed by atoms with Crippen molar-refractivity contribution in [3.05, 3.63) is 53.6 Å². The fourth-order valence-electron chi connectivity index (χ4n) is 1.71. The molecule has 1 heterocycles. The average Bonchev–Trinajstić information content (AvgIpc) is 2.47. The first-order chi connectivity index (χ1) is 9.52. The van der Waals surface area contributed by atoms with Crippen molar-refractivity contribution >= 4 is 11.9 Å². The Bertz CT molecular complexity index is 685. The lowest BCUT2D eigenvalue weighted by Gasteiger charge is -2.06. The van der Waals surface area contributed by atoms with E-state index in [9.17, 15) is 14.0 Å². The molecule has 1 aromatic heterocycles. The number of carboxylic acids is 1. The van der Waals surface area contributed by atoms with Crippen LogP contribution < -0.4 is 0 Å². The molecular weight excluding hydrogens is 265 g/mol. The Labute approximate surface area is 113 Å². The van der Waals surface area contributed by atoms with Gasteiger partial charge in [0.25, 0.3) is 0 Å². The van der Waals surface area contributed by atoms with Gasteiger partial charge in [0.1, 0.15) is 11.5 Å².